The second-order valence-corrected chi connectivity index (χ2v) is 12.7. The largest absolute Gasteiger partial charge is 0.497 e. The molecule has 2 aromatic heterocycles. The van der Waals surface area contributed by atoms with E-state index in [1.807, 2.05) is 54.6 Å². The van der Waals surface area contributed by atoms with E-state index in [1.54, 1.807) is 23.0 Å². The number of carbonyl (C=O) groups excluding carboxylic acids is 1. The van der Waals surface area contributed by atoms with Gasteiger partial charge in [-0.1, -0.05) is 64.1 Å². The minimum absolute atomic E-state index is 0.107. The minimum Gasteiger partial charge on any atom is -0.497 e. The highest BCUT2D eigenvalue weighted by atomic mass is 79.9. The quantitative estimate of drug-likeness (QED) is 0.153. The van der Waals surface area contributed by atoms with Gasteiger partial charge in [-0.2, -0.15) is 0 Å². The Kier molecular flexibility index (Phi) is 8.25. The normalized spacial score (nSPS) is 13.2. The van der Waals surface area contributed by atoms with Crippen LogP contribution >= 0.6 is 39.0 Å². The fourth-order valence-corrected chi connectivity index (χ4v) is 7.52. The van der Waals surface area contributed by atoms with Gasteiger partial charge in [0.05, 0.1) is 23.9 Å². The SMILES string of the molecule is COc1ccc(-n2c(SCC(=O)Nc3cccc(Br)c3)nc3sc4c(c3c2=O)CCN(Cc2ccccc2)C4)cc1. The second-order valence-electron chi connectivity index (χ2n) is 9.71. The number of thioether (sulfide) groups is 1. The van der Waals surface area contributed by atoms with Gasteiger partial charge < -0.3 is 10.1 Å². The fourth-order valence-electron chi connectivity index (χ4n) is 5.00. The molecule has 0 saturated heterocycles. The molecule has 0 unspecified atom stereocenters. The van der Waals surface area contributed by atoms with Gasteiger partial charge in [-0.3, -0.25) is 19.1 Å². The Balaban J connectivity index is 1.33. The molecular formula is C31H27BrN4O3S2. The average molecular weight is 648 g/mol. The highest BCUT2D eigenvalue weighted by Crippen LogP contribution is 2.35. The summed E-state index contributed by atoms with van der Waals surface area (Å²) in [5, 5.41) is 4.09. The minimum atomic E-state index is -0.175. The van der Waals surface area contributed by atoms with Gasteiger partial charge in [0.15, 0.2) is 5.16 Å². The van der Waals surface area contributed by atoms with E-state index in [-0.39, 0.29) is 17.2 Å². The van der Waals surface area contributed by atoms with E-state index < -0.39 is 0 Å². The molecule has 0 saturated carbocycles. The van der Waals surface area contributed by atoms with E-state index >= 15 is 0 Å². The maximum Gasteiger partial charge on any atom is 0.267 e. The van der Waals surface area contributed by atoms with E-state index in [9.17, 15) is 9.59 Å². The van der Waals surface area contributed by atoms with Gasteiger partial charge in [0, 0.05) is 34.7 Å². The molecule has 208 valence electrons. The van der Waals surface area contributed by atoms with E-state index in [1.165, 1.54) is 22.2 Å². The number of nitrogens with zero attached hydrogens (tertiary/aromatic N) is 3. The van der Waals surface area contributed by atoms with Crippen LogP contribution in [0.3, 0.4) is 0 Å². The number of benzene rings is 3. The first kappa shape index (κ1) is 27.7. The third-order valence-corrected chi connectivity index (χ3v) is 9.49. The smallest absolute Gasteiger partial charge is 0.267 e. The van der Waals surface area contributed by atoms with Crippen molar-refractivity contribution in [3.8, 4) is 11.4 Å². The van der Waals surface area contributed by atoms with Gasteiger partial charge >= 0.3 is 0 Å². The van der Waals surface area contributed by atoms with Crippen LogP contribution in [0.5, 0.6) is 5.75 Å². The highest BCUT2D eigenvalue weighted by Gasteiger charge is 2.26. The van der Waals surface area contributed by atoms with Gasteiger partial charge in [0.25, 0.3) is 5.56 Å². The highest BCUT2D eigenvalue weighted by molar-refractivity contribution is 9.10. The molecule has 1 aliphatic heterocycles. The summed E-state index contributed by atoms with van der Waals surface area (Å²) in [7, 11) is 1.61. The van der Waals surface area contributed by atoms with Crippen molar-refractivity contribution in [2.45, 2.75) is 24.7 Å². The molecule has 0 radical (unpaired) electrons. The Morgan fingerprint density at radius 1 is 1.10 bits per heavy atom. The van der Waals surface area contributed by atoms with Gasteiger partial charge in [-0.15, -0.1) is 11.3 Å². The molecule has 3 heterocycles. The fraction of sp³-hybridized carbons (Fsp3) is 0.194. The van der Waals surface area contributed by atoms with Crippen molar-refractivity contribution >= 4 is 60.8 Å². The van der Waals surface area contributed by atoms with Gasteiger partial charge in [-0.05, 0) is 60.0 Å². The molecule has 0 spiro atoms. The number of hydrogen-bond acceptors (Lipinski definition) is 7. The summed E-state index contributed by atoms with van der Waals surface area (Å²) in [6.45, 7) is 2.53. The van der Waals surface area contributed by atoms with Crippen LogP contribution in [-0.4, -0.2) is 39.8 Å². The molecule has 1 N–H and O–H groups in total. The Hall–Kier alpha value is -3.44. The van der Waals surface area contributed by atoms with Crippen LogP contribution < -0.4 is 15.6 Å². The molecule has 3 aromatic carbocycles. The second kappa shape index (κ2) is 12.2. The molecule has 0 aliphatic carbocycles. The first-order valence-corrected chi connectivity index (χ1v) is 15.7. The van der Waals surface area contributed by atoms with Crippen molar-refractivity contribution in [2.75, 3.05) is 24.7 Å². The number of carbonyl (C=O) groups is 1. The summed E-state index contributed by atoms with van der Waals surface area (Å²) in [6.07, 6.45) is 0.795. The number of thiophene rings is 1. The lowest BCUT2D eigenvalue weighted by atomic mass is 10.0. The molecule has 41 heavy (non-hydrogen) atoms. The topological polar surface area (TPSA) is 76.5 Å². The van der Waals surface area contributed by atoms with Crippen molar-refractivity contribution < 1.29 is 9.53 Å². The number of anilines is 1. The van der Waals surface area contributed by atoms with Crippen LogP contribution in [0, 0.1) is 0 Å². The lowest BCUT2D eigenvalue weighted by Crippen LogP contribution is -2.30. The van der Waals surface area contributed by atoms with Crippen molar-refractivity contribution in [3.63, 3.8) is 0 Å². The summed E-state index contributed by atoms with van der Waals surface area (Å²) in [6, 6.07) is 25.2. The number of ether oxygens (including phenoxy) is 1. The zero-order valence-corrected chi connectivity index (χ0v) is 25.5. The summed E-state index contributed by atoms with van der Waals surface area (Å²) < 4.78 is 7.84. The standard InChI is InChI=1S/C31H27BrN4O3S2/c1-39-24-12-10-23(11-13-24)36-30(38)28-25-14-15-35(17-20-6-3-2-4-7-20)18-26(25)41-29(28)34-31(36)40-19-27(37)33-22-9-5-8-21(32)16-22/h2-13,16H,14-15,17-19H2,1H3,(H,33,37). The number of halogens is 1. The van der Waals surface area contributed by atoms with Crippen molar-refractivity contribution in [2.24, 2.45) is 0 Å². The first-order valence-electron chi connectivity index (χ1n) is 13.1. The predicted octanol–water partition coefficient (Wildman–Crippen LogP) is 6.51. The van der Waals surface area contributed by atoms with Crippen LogP contribution in [-0.2, 0) is 24.3 Å². The van der Waals surface area contributed by atoms with Crippen LogP contribution in [0.4, 0.5) is 5.69 Å². The molecule has 1 aliphatic rings. The van der Waals surface area contributed by atoms with E-state index in [4.69, 9.17) is 9.72 Å². The number of rotatable bonds is 8. The molecule has 5 aromatic rings. The van der Waals surface area contributed by atoms with Crippen molar-refractivity contribution in [1.82, 2.24) is 14.5 Å². The van der Waals surface area contributed by atoms with E-state index in [0.29, 0.717) is 27.7 Å². The van der Waals surface area contributed by atoms with Gasteiger partial charge in [0.1, 0.15) is 10.6 Å². The van der Waals surface area contributed by atoms with Crippen LogP contribution in [0.2, 0.25) is 0 Å². The van der Waals surface area contributed by atoms with Crippen molar-refractivity contribution in [1.29, 1.82) is 0 Å². The zero-order valence-electron chi connectivity index (χ0n) is 22.3. The van der Waals surface area contributed by atoms with Crippen LogP contribution in [0.15, 0.2) is 93.3 Å². The van der Waals surface area contributed by atoms with Gasteiger partial charge in [-0.25, -0.2) is 4.98 Å². The third-order valence-electron chi connectivity index (χ3n) is 6.94. The number of hydrogen-bond donors (Lipinski definition) is 1. The monoisotopic (exact) mass is 646 g/mol. The van der Waals surface area contributed by atoms with Crippen LogP contribution in [0.1, 0.15) is 16.0 Å². The van der Waals surface area contributed by atoms with Gasteiger partial charge in [0.2, 0.25) is 5.91 Å². The van der Waals surface area contributed by atoms with Crippen molar-refractivity contribution in [3.05, 3.63) is 110 Å². The molecule has 6 rings (SSSR count). The Morgan fingerprint density at radius 2 is 1.90 bits per heavy atom. The Labute approximate surface area is 254 Å². The molecule has 0 atom stereocenters. The summed E-state index contributed by atoms with van der Waals surface area (Å²) >= 11 is 6.27. The molecule has 1 amide bonds. The molecule has 7 nitrogen and oxygen atoms in total. The number of aromatic nitrogens is 2. The number of amides is 1. The summed E-state index contributed by atoms with van der Waals surface area (Å²) in [5.41, 5.74) is 3.65. The lowest BCUT2D eigenvalue weighted by molar-refractivity contribution is -0.113. The Morgan fingerprint density at radius 3 is 2.66 bits per heavy atom. The molecular weight excluding hydrogens is 620 g/mol. The average Bonchev–Trinajstić information content (AvgIpc) is 3.35. The third kappa shape index (κ3) is 6.11. The molecule has 0 bridgehead atoms. The first-order chi connectivity index (χ1) is 20.0. The van der Waals surface area contributed by atoms with E-state index in [0.717, 1.165) is 40.9 Å². The number of fused-ring (bicyclic) bond motifs is 3. The maximum atomic E-state index is 14.1. The predicted molar refractivity (Wildman–Crippen MR) is 170 cm³/mol. The van der Waals surface area contributed by atoms with Crippen LogP contribution in [0.25, 0.3) is 15.9 Å². The molecule has 0 fully saturated rings. The summed E-state index contributed by atoms with van der Waals surface area (Å²) in [4.78, 5) is 36.3. The number of nitrogens with one attached hydrogen (secondary N) is 1. The zero-order chi connectivity index (χ0) is 28.3. The number of methoxy groups -OCH3 is 1. The maximum absolute atomic E-state index is 14.1. The Bertz CT molecular complexity index is 1770. The lowest BCUT2D eigenvalue weighted by Gasteiger charge is -2.26. The molecule has 10 heteroatoms. The van der Waals surface area contributed by atoms with E-state index in [2.05, 4.69) is 50.4 Å². The summed E-state index contributed by atoms with van der Waals surface area (Å²) in [5.74, 6) is 0.631.